The Labute approximate surface area is 107 Å². The summed E-state index contributed by atoms with van der Waals surface area (Å²) in [6, 6.07) is 7.60. The van der Waals surface area contributed by atoms with Gasteiger partial charge in [-0.05, 0) is 30.5 Å². The molecule has 1 aromatic carbocycles. The maximum Gasteiger partial charge on any atom is 0.322 e. The molecule has 0 radical (unpaired) electrons. The van der Waals surface area contributed by atoms with Crippen LogP contribution in [-0.4, -0.2) is 35.2 Å². The summed E-state index contributed by atoms with van der Waals surface area (Å²) in [5.41, 5.74) is 7.29. The number of nitrogens with zero attached hydrogens (tertiary/aromatic N) is 1. The molecular weight excluding hydrogens is 230 g/mol. The van der Waals surface area contributed by atoms with Crippen LogP contribution in [0.2, 0.25) is 0 Å². The van der Waals surface area contributed by atoms with Crippen LogP contribution in [0.4, 0.5) is 10.5 Å². The van der Waals surface area contributed by atoms with E-state index in [9.17, 15) is 4.79 Å². The topological polar surface area (TPSA) is 78.6 Å². The van der Waals surface area contributed by atoms with Crippen molar-refractivity contribution in [3.63, 3.8) is 0 Å². The summed E-state index contributed by atoms with van der Waals surface area (Å²) in [6.45, 7) is 0.875. The Kier molecular flexibility index (Phi) is 4.17. The normalized spacial score (nSPS) is 14.3. The van der Waals surface area contributed by atoms with Gasteiger partial charge in [0.25, 0.3) is 0 Å². The summed E-state index contributed by atoms with van der Waals surface area (Å²) < 4.78 is 0. The molecule has 1 aliphatic rings. The molecule has 2 rings (SSSR count). The molecule has 0 atom stereocenters. The number of anilines is 1. The number of carbonyl (C=O) groups excluding carboxylic acids is 1. The summed E-state index contributed by atoms with van der Waals surface area (Å²) in [6.07, 6.45) is 2.05. The first-order valence-corrected chi connectivity index (χ1v) is 6.22. The molecule has 1 aliphatic carbocycles. The first-order valence-electron chi connectivity index (χ1n) is 6.22. The zero-order chi connectivity index (χ0) is 13.0. The van der Waals surface area contributed by atoms with Crippen LogP contribution in [0.25, 0.3) is 0 Å². The van der Waals surface area contributed by atoms with Gasteiger partial charge in [0.15, 0.2) is 0 Å². The average Bonchev–Trinajstić information content (AvgIpc) is 3.21. The van der Waals surface area contributed by atoms with Gasteiger partial charge in [0.05, 0.1) is 6.61 Å². The SMILES string of the molecule is NCc1ccc(NC(=O)N(CCO)C2CC2)cc1. The lowest BCUT2D eigenvalue weighted by molar-refractivity contribution is 0.185. The van der Waals surface area contributed by atoms with Crippen LogP contribution < -0.4 is 11.1 Å². The third-order valence-corrected chi connectivity index (χ3v) is 3.03. The van der Waals surface area contributed by atoms with Crippen molar-refractivity contribution < 1.29 is 9.90 Å². The summed E-state index contributed by atoms with van der Waals surface area (Å²) in [7, 11) is 0. The minimum absolute atomic E-state index is 0.00394. The first-order chi connectivity index (χ1) is 8.74. The van der Waals surface area contributed by atoms with Gasteiger partial charge in [-0.25, -0.2) is 4.79 Å². The number of hydrogen-bond donors (Lipinski definition) is 3. The summed E-state index contributed by atoms with van der Waals surface area (Å²) in [5.74, 6) is 0. The fourth-order valence-electron chi connectivity index (χ4n) is 1.86. The Morgan fingerprint density at radius 2 is 2.06 bits per heavy atom. The van der Waals surface area contributed by atoms with Crippen LogP contribution in [-0.2, 0) is 6.54 Å². The largest absolute Gasteiger partial charge is 0.395 e. The molecule has 0 aromatic heterocycles. The van der Waals surface area contributed by atoms with Gasteiger partial charge in [-0.15, -0.1) is 0 Å². The zero-order valence-electron chi connectivity index (χ0n) is 10.3. The van der Waals surface area contributed by atoms with Crippen LogP contribution in [0.15, 0.2) is 24.3 Å². The standard InChI is InChI=1S/C13H19N3O2/c14-9-10-1-3-11(4-2-10)15-13(18)16(7-8-17)12-5-6-12/h1-4,12,17H,5-9,14H2,(H,15,18). The van der Waals surface area contributed by atoms with Crippen LogP contribution in [0.1, 0.15) is 18.4 Å². The number of carbonyl (C=O) groups is 1. The van der Waals surface area contributed by atoms with Gasteiger partial charge >= 0.3 is 6.03 Å². The zero-order valence-corrected chi connectivity index (χ0v) is 10.3. The van der Waals surface area contributed by atoms with Crippen molar-refractivity contribution in [1.82, 2.24) is 4.90 Å². The number of rotatable bonds is 5. The van der Waals surface area contributed by atoms with E-state index < -0.39 is 0 Å². The minimum atomic E-state index is -0.146. The fourth-order valence-corrected chi connectivity index (χ4v) is 1.86. The smallest absolute Gasteiger partial charge is 0.322 e. The molecular formula is C13H19N3O2. The molecule has 1 aromatic rings. The molecule has 0 spiro atoms. The first kappa shape index (κ1) is 12.9. The number of aliphatic hydroxyl groups is 1. The van der Waals surface area contributed by atoms with Crippen LogP contribution in [0.3, 0.4) is 0 Å². The lowest BCUT2D eigenvalue weighted by Gasteiger charge is -2.21. The number of benzene rings is 1. The van der Waals surface area contributed by atoms with Gasteiger partial charge in [0.1, 0.15) is 0 Å². The number of hydrogen-bond acceptors (Lipinski definition) is 3. The quantitative estimate of drug-likeness (QED) is 0.732. The molecule has 2 amide bonds. The van der Waals surface area contributed by atoms with Crippen LogP contribution in [0.5, 0.6) is 0 Å². The molecule has 0 unspecified atom stereocenters. The second-order valence-electron chi connectivity index (χ2n) is 4.48. The number of amides is 2. The predicted molar refractivity (Wildman–Crippen MR) is 70.2 cm³/mol. The molecule has 1 saturated carbocycles. The molecule has 0 bridgehead atoms. The van der Waals surface area contributed by atoms with Gasteiger partial charge < -0.3 is 21.1 Å². The predicted octanol–water partition coefficient (Wildman–Crippen LogP) is 1.13. The van der Waals surface area contributed by atoms with E-state index in [2.05, 4.69) is 5.32 Å². The van der Waals surface area contributed by atoms with Crippen LogP contribution in [0, 0.1) is 0 Å². The Morgan fingerprint density at radius 1 is 1.39 bits per heavy atom. The molecule has 0 saturated heterocycles. The minimum Gasteiger partial charge on any atom is -0.395 e. The third-order valence-electron chi connectivity index (χ3n) is 3.03. The van der Waals surface area contributed by atoms with Crippen molar-refractivity contribution in [1.29, 1.82) is 0 Å². The van der Waals surface area contributed by atoms with Gasteiger partial charge in [0.2, 0.25) is 0 Å². The molecule has 5 heteroatoms. The Bertz CT molecular complexity index is 401. The van der Waals surface area contributed by atoms with Crippen molar-refractivity contribution in [3.05, 3.63) is 29.8 Å². The maximum absolute atomic E-state index is 12.0. The van der Waals surface area contributed by atoms with Gasteiger partial charge in [0, 0.05) is 24.8 Å². The average molecular weight is 249 g/mol. The van der Waals surface area contributed by atoms with Crippen molar-refractivity contribution in [3.8, 4) is 0 Å². The molecule has 4 N–H and O–H groups in total. The summed E-state index contributed by atoms with van der Waals surface area (Å²) in [5, 5.41) is 11.8. The van der Waals surface area contributed by atoms with E-state index >= 15 is 0 Å². The number of nitrogens with two attached hydrogens (primary N) is 1. The van der Waals surface area contributed by atoms with Gasteiger partial charge in [-0.2, -0.15) is 0 Å². The van der Waals surface area contributed by atoms with Crippen molar-refractivity contribution in [2.45, 2.75) is 25.4 Å². The lowest BCUT2D eigenvalue weighted by Crippen LogP contribution is -2.38. The molecule has 1 fully saturated rings. The Hall–Kier alpha value is -1.59. The van der Waals surface area contributed by atoms with E-state index in [0.717, 1.165) is 24.1 Å². The molecule has 5 nitrogen and oxygen atoms in total. The van der Waals surface area contributed by atoms with Gasteiger partial charge in [-0.3, -0.25) is 0 Å². The van der Waals surface area contributed by atoms with E-state index in [4.69, 9.17) is 10.8 Å². The maximum atomic E-state index is 12.0. The summed E-state index contributed by atoms with van der Waals surface area (Å²) >= 11 is 0. The Balaban J connectivity index is 1.95. The van der Waals surface area contributed by atoms with E-state index in [1.54, 1.807) is 4.90 Å². The number of urea groups is 1. The fraction of sp³-hybridized carbons (Fsp3) is 0.462. The third kappa shape index (κ3) is 3.21. The monoisotopic (exact) mass is 249 g/mol. The summed E-state index contributed by atoms with van der Waals surface area (Å²) in [4.78, 5) is 13.7. The highest BCUT2D eigenvalue weighted by molar-refractivity contribution is 5.89. The Morgan fingerprint density at radius 3 is 2.56 bits per heavy atom. The van der Waals surface area contributed by atoms with Crippen molar-refractivity contribution in [2.75, 3.05) is 18.5 Å². The van der Waals surface area contributed by atoms with Gasteiger partial charge in [-0.1, -0.05) is 12.1 Å². The van der Waals surface area contributed by atoms with Crippen molar-refractivity contribution in [2.24, 2.45) is 5.73 Å². The van der Waals surface area contributed by atoms with E-state index in [1.165, 1.54) is 0 Å². The highest BCUT2D eigenvalue weighted by Crippen LogP contribution is 2.27. The second kappa shape index (κ2) is 5.84. The molecule has 18 heavy (non-hydrogen) atoms. The lowest BCUT2D eigenvalue weighted by atomic mass is 10.2. The van der Waals surface area contributed by atoms with E-state index in [0.29, 0.717) is 19.1 Å². The van der Waals surface area contributed by atoms with Crippen LogP contribution >= 0.6 is 0 Å². The molecule has 98 valence electrons. The van der Waals surface area contributed by atoms with E-state index in [1.807, 2.05) is 24.3 Å². The number of aliphatic hydroxyl groups excluding tert-OH is 1. The highest BCUT2D eigenvalue weighted by Gasteiger charge is 2.32. The second-order valence-corrected chi connectivity index (χ2v) is 4.48. The highest BCUT2D eigenvalue weighted by atomic mass is 16.3. The number of nitrogens with one attached hydrogen (secondary N) is 1. The molecule has 0 heterocycles. The van der Waals surface area contributed by atoms with E-state index in [-0.39, 0.29) is 12.6 Å². The van der Waals surface area contributed by atoms with Crippen molar-refractivity contribution >= 4 is 11.7 Å². The molecule has 0 aliphatic heterocycles.